The molecule has 0 aromatic heterocycles. The van der Waals surface area contributed by atoms with Crippen LogP contribution in [0, 0.1) is 0 Å². The van der Waals surface area contributed by atoms with Crippen molar-refractivity contribution in [3.05, 3.63) is 36.6 Å². The zero-order valence-electron chi connectivity index (χ0n) is 6.31. The van der Waals surface area contributed by atoms with E-state index in [0.717, 1.165) is 5.57 Å². The summed E-state index contributed by atoms with van der Waals surface area (Å²) in [5.74, 6) is -0.0667. The summed E-state index contributed by atoms with van der Waals surface area (Å²) in [4.78, 5) is 0. The molecule has 0 atom stereocenters. The second kappa shape index (κ2) is 4.66. The minimum atomic E-state index is -2.81. The van der Waals surface area contributed by atoms with Crippen LogP contribution in [0.4, 0.5) is 8.78 Å². The van der Waals surface area contributed by atoms with Crippen molar-refractivity contribution < 1.29 is 13.5 Å². The molecule has 3 heteroatoms. The lowest BCUT2D eigenvalue weighted by atomic mass is 10.3. The van der Waals surface area contributed by atoms with E-state index in [9.17, 15) is 8.78 Å². The van der Waals surface area contributed by atoms with Crippen LogP contribution in [-0.4, -0.2) is 6.61 Å². The number of allylic oxidation sites excluding steroid dienone is 3. The number of halogens is 2. The van der Waals surface area contributed by atoms with Gasteiger partial charge in [0.05, 0.1) is 0 Å². The van der Waals surface area contributed by atoms with Gasteiger partial charge in [0.25, 0.3) is 0 Å². The molecule has 0 saturated carbocycles. The predicted octanol–water partition coefficient (Wildman–Crippen LogP) is 2.87. The first-order valence-corrected chi connectivity index (χ1v) is 2.99. The number of rotatable bonds is 4. The van der Waals surface area contributed by atoms with E-state index in [4.69, 9.17) is 0 Å². The van der Waals surface area contributed by atoms with Crippen LogP contribution >= 0.6 is 0 Å². The summed E-state index contributed by atoms with van der Waals surface area (Å²) in [7, 11) is 0. The molecule has 0 aliphatic carbocycles. The second-order valence-corrected chi connectivity index (χ2v) is 2.02. The van der Waals surface area contributed by atoms with Crippen molar-refractivity contribution in [3.63, 3.8) is 0 Å². The largest absolute Gasteiger partial charge is 0.435 e. The predicted molar refractivity (Wildman–Crippen MR) is 40.2 cm³/mol. The fourth-order valence-corrected chi connectivity index (χ4v) is 0.389. The molecule has 0 heterocycles. The summed E-state index contributed by atoms with van der Waals surface area (Å²) in [6, 6.07) is 0. The first kappa shape index (κ1) is 9.88. The lowest BCUT2D eigenvalue weighted by Crippen LogP contribution is -1.95. The summed E-state index contributed by atoms with van der Waals surface area (Å²) in [6.45, 7) is 5.71. The molecule has 0 aliphatic rings. The van der Waals surface area contributed by atoms with E-state index in [1.165, 1.54) is 6.08 Å². The van der Waals surface area contributed by atoms with Crippen LogP contribution in [0.15, 0.2) is 36.6 Å². The average molecular weight is 160 g/mol. The van der Waals surface area contributed by atoms with E-state index in [0.29, 0.717) is 0 Å². The molecule has 0 amide bonds. The highest BCUT2D eigenvalue weighted by Crippen LogP contribution is 2.05. The standard InChI is InChI=1S/C8H10F2O/c1-6(2)4-5-7(3)11-8(9)10/h4-5,8H,1,3H2,2H3/b5-4-. The Hall–Kier alpha value is -1.12. The van der Waals surface area contributed by atoms with E-state index in [2.05, 4.69) is 17.9 Å². The molecular weight excluding hydrogens is 150 g/mol. The highest BCUT2D eigenvalue weighted by atomic mass is 19.3. The van der Waals surface area contributed by atoms with Gasteiger partial charge in [0, 0.05) is 0 Å². The van der Waals surface area contributed by atoms with Crippen LogP contribution < -0.4 is 0 Å². The second-order valence-electron chi connectivity index (χ2n) is 2.02. The lowest BCUT2D eigenvalue weighted by Gasteiger charge is -2.01. The normalized spacial score (nSPS) is 10.5. The van der Waals surface area contributed by atoms with Gasteiger partial charge >= 0.3 is 6.61 Å². The molecule has 1 nitrogen and oxygen atoms in total. The zero-order valence-corrected chi connectivity index (χ0v) is 6.31. The Kier molecular flexibility index (Phi) is 4.18. The Morgan fingerprint density at radius 1 is 1.36 bits per heavy atom. The number of alkyl halides is 2. The van der Waals surface area contributed by atoms with E-state index < -0.39 is 6.61 Å². The molecule has 0 N–H and O–H groups in total. The van der Waals surface area contributed by atoms with Gasteiger partial charge in [-0.15, -0.1) is 0 Å². The van der Waals surface area contributed by atoms with Gasteiger partial charge in [0.15, 0.2) is 0 Å². The smallest absolute Gasteiger partial charge is 0.387 e. The molecule has 0 rings (SSSR count). The molecule has 0 saturated heterocycles. The molecule has 62 valence electrons. The van der Waals surface area contributed by atoms with Gasteiger partial charge in [-0.2, -0.15) is 8.78 Å². The van der Waals surface area contributed by atoms with Crippen LogP contribution in [0.3, 0.4) is 0 Å². The molecule has 0 unspecified atom stereocenters. The average Bonchev–Trinajstić information content (AvgIpc) is 1.82. The molecule has 0 aromatic carbocycles. The van der Waals surface area contributed by atoms with E-state index >= 15 is 0 Å². The monoisotopic (exact) mass is 160 g/mol. The van der Waals surface area contributed by atoms with Gasteiger partial charge in [-0.1, -0.05) is 24.8 Å². The Morgan fingerprint density at radius 3 is 2.27 bits per heavy atom. The van der Waals surface area contributed by atoms with Crippen molar-refractivity contribution in [3.8, 4) is 0 Å². The van der Waals surface area contributed by atoms with Gasteiger partial charge in [-0.25, -0.2) is 0 Å². The van der Waals surface area contributed by atoms with E-state index in [-0.39, 0.29) is 5.76 Å². The van der Waals surface area contributed by atoms with Crippen LogP contribution in [0.5, 0.6) is 0 Å². The Balaban J connectivity index is 3.78. The van der Waals surface area contributed by atoms with Crippen molar-refractivity contribution >= 4 is 0 Å². The Bertz CT molecular complexity index is 183. The van der Waals surface area contributed by atoms with Gasteiger partial charge in [-0.3, -0.25) is 0 Å². The zero-order chi connectivity index (χ0) is 8.85. The summed E-state index contributed by atoms with van der Waals surface area (Å²) >= 11 is 0. The lowest BCUT2D eigenvalue weighted by molar-refractivity contribution is -0.0915. The Labute approximate surface area is 64.7 Å². The van der Waals surface area contributed by atoms with Crippen LogP contribution in [0.2, 0.25) is 0 Å². The highest BCUT2D eigenvalue weighted by Gasteiger charge is 2.00. The summed E-state index contributed by atoms with van der Waals surface area (Å²) < 4.78 is 26.9. The fraction of sp³-hybridized carbons (Fsp3) is 0.250. The minimum absolute atomic E-state index is 0.0667. The molecule has 0 aliphatic heterocycles. The number of hydrogen-bond donors (Lipinski definition) is 0. The maximum atomic E-state index is 11.5. The van der Waals surface area contributed by atoms with Gasteiger partial charge in [0.2, 0.25) is 0 Å². The third kappa shape index (κ3) is 6.77. The van der Waals surface area contributed by atoms with Crippen molar-refractivity contribution in [2.45, 2.75) is 13.5 Å². The molecule has 11 heavy (non-hydrogen) atoms. The topological polar surface area (TPSA) is 9.23 Å². The molecule has 0 spiro atoms. The SMILES string of the molecule is C=C(C)/C=C\C(=C)OC(F)F. The van der Waals surface area contributed by atoms with Crippen molar-refractivity contribution in [1.29, 1.82) is 0 Å². The first-order chi connectivity index (χ1) is 5.02. The Morgan fingerprint density at radius 2 is 1.91 bits per heavy atom. The van der Waals surface area contributed by atoms with Crippen LogP contribution in [0.1, 0.15) is 6.92 Å². The molecule has 0 radical (unpaired) electrons. The maximum Gasteiger partial charge on any atom is 0.387 e. The molecular formula is C8H10F2O. The maximum absolute atomic E-state index is 11.5. The van der Waals surface area contributed by atoms with E-state index in [1.54, 1.807) is 13.0 Å². The highest BCUT2D eigenvalue weighted by molar-refractivity contribution is 5.19. The number of ether oxygens (including phenoxy) is 1. The molecule has 0 aromatic rings. The molecule has 0 fully saturated rings. The minimum Gasteiger partial charge on any atom is -0.435 e. The molecule has 0 bridgehead atoms. The van der Waals surface area contributed by atoms with Crippen LogP contribution in [0.25, 0.3) is 0 Å². The third-order valence-corrected chi connectivity index (χ3v) is 0.794. The summed E-state index contributed by atoms with van der Waals surface area (Å²) in [6.07, 6.45) is 2.89. The van der Waals surface area contributed by atoms with Crippen molar-refractivity contribution in [1.82, 2.24) is 0 Å². The van der Waals surface area contributed by atoms with Gasteiger partial charge < -0.3 is 4.74 Å². The van der Waals surface area contributed by atoms with Crippen LogP contribution in [-0.2, 0) is 4.74 Å². The number of hydrogen-bond acceptors (Lipinski definition) is 1. The fourth-order valence-electron chi connectivity index (χ4n) is 0.389. The van der Waals surface area contributed by atoms with Crippen molar-refractivity contribution in [2.24, 2.45) is 0 Å². The van der Waals surface area contributed by atoms with Gasteiger partial charge in [0.1, 0.15) is 5.76 Å². The summed E-state index contributed by atoms with van der Waals surface area (Å²) in [5.41, 5.74) is 0.754. The summed E-state index contributed by atoms with van der Waals surface area (Å²) in [5, 5.41) is 0. The third-order valence-electron chi connectivity index (χ3n) is 0.794. The van der Waals surface area contributed by atoms with E-state index in [1.807, 2.05) is 0 Å². The quantitative estimate of drug-likeness (QED) is 0.454. The van der Waals surface area contributed by atoms with Gasteiger partial charge in [-0.05, 0) is 13.0 Å². The first-order valence-electron chi connectivity index (χ1n) is 2.99. The van der Waals surface area contributed by atoms with Crippen molar-refractivity contribution in [2.75, 3.05) is 0 Å².